The summed E-state index contributed by atoms with van der Waals surface area (Å²) in [6, 6.07) is 8.58. The molecule has 3 heteroatoms. The van der Waals surface area contributed by atoms with Gasteiger partial charge in [-0.1, -0.05) is 18.2 Å². The molecule has 0 bridgehead atoms. The Morgan fingerprint density at radius 3 is 3.11 bits per heavy atom. The molecular formula is C16H22N2O. The van der Waals surface area contributed by atoms with Crippen molar-refractivity contribution in [2.24, 2.45) is 7.05 Å². The first-order chi connectivity index (χ1) is 9.34. The van der Waals surface area contributed by atoms with Gasteiger partial charge in [-0.25, -0.2) is 0 Å². The predicted octanol–water partition coefficient (Wildman–Crippen LogP) is 2.84. The van der Waals surface area contributed by atoms with E-state index < -0.39 is 0 Å². The van der Waals surface area contributed by atoms with E-state index in [-0.39, 0.29) is 0 Å². The Hall–Kier alpha value is -1.32. The highest BCUT2D eigenvalue weighted by Gasteiger charge is 2.14. The maximum absolute atomic E-state index is 5.64. The van der Waals surface area contributed by atoms with Crippen LogP contribution in [0.15, 0.2) is 30.5 Å². The molecule has 2 aromatic rings. The summed E-state index contributed by atoms with van der Waals surface area (Å²) in [7, 11) is 2.11. The van der Waals surface area contributed by atoms with Gasteiger partial charge in [0.15, 0.2) is 0 Å². The molecule has 1 fully saturated rings. The van der Waals surface area contributed by atoms with Gasteiger partial charge >= 0.3 is 0 Å². The van der Waals surface area contributed by atoms with E-state index in [9.17, 15) is 0 Å². The van der Waals surface area contributed by atoms with Gasteiger partial charge in [0.2, 0.25) is 0 Å². The summed E-state index contributed by atoms with van der Waals surface area (Å²) in [6.07, 6.45) is 6.30. The topological polar surface area (TPSA) is 26.2 Å². The van der Waals surface area contributed by atoms with Crippen molar-refractivity contribution in [3.8, 4) is 0 Å². The third kappa shape index (κ3) is 2.82. The van der Waals surface area contributed by atoms with E-state index in [0.717, 1.165) is 26.1 Å². The highest BCUT2D eigenvalue weighted by atomic mass is 16.5. The van der Waals surface area contributed by atoms with Crippen LogP contribution in [0.2, 0.25) is 0 Å². The first kappa shape index (κ1) is 12.7. The molecule has 1 aromatic carbocycles. The van der Waals surface area contributed by atoms with Crippen LogP contribution in [0, 0.1) is 0 Å². The van der Waals surface area contributed by atoms with Crippen LogP contribution in [0.25, 0.3) is 10.9 Å². The molecule has 0 radical (unpaired) electrons. The molecule has 2 heterocycles. The van der Waals surface area contributed by atoms with Crippen LogP contribution in [-0.4, -0.2) is 23.8 Å². The second-order valence-corrected chi connectivity index (χ2v) is 5.38. The molecule has 0 aliphatic carbocycles. The summed E-state index contributed by atoms with van der Waals surface area (Å²) in [6.45, 7) is 2.93. The number of benzene rings is 1. The maximum Gasteiger partial charge on any atom is 0.0588 e. The molecule has 1 atom stereocenters. The van der Waals surface area contributed by atoms with E-state index in [1.807, 2.05) is 0 Å². The number of aromatic nitrogens is 1. The summed E-state index contributed by atoms with van der Waals surface area (Å²) in [4.78, 5) is 0. The monoisotopic (exact) mass is 258 g/mol. The van der Waals surface area contributed by atoms with Gasteiger partial charge < -0.3 is 14.6 Å². The van der Waals surface area contributed by atoms with E-state index in [4.69, 9.17) is 4.74 Å². The van der Waals surface area contributed by atoms with E-state index in [0.29, 0.717) is 6.10 Å². The summed E-state index contributed by atoms with van der Waals surface area (Å²) in [5.41, 5.74) is 2.68. The van der Waals surface area contributed by atoms with Crippen molar-refractivity contribution in [3.63, 3.8) is 0 Å². The van der Waals surface area contributed by atoms with Gasteiger partial charge in [-0.3, -0.25) is 0 Å². The van der Waals surface area contributed by atoms with Gasteiger partial charge in [0.25, 0.3) is 0 Å². The highest BCUT2D eigenvalue weighted by molar-refractivity contribution is 5.83. The Morgan fingerprint density at radius 1 is 1.37 bits per heavy atom. The highest BCUT2D eigenvalue weighted by Crippen LogP contribution is 2.20. The molecule has 3 nitrogen and oxygen atoms in total. The van der Waals surface area contributed by atoms with Crippen molar-refractivity contribution >= 4 is 10.9 Å². The van der Waals surface area contributed by atoms with E-state index in [1.165, 1.54) is 29.3 Å². The van der Waals surface area contributed by atoms with Crippen LogP contribution in [-0.2, 0) is 18.3 Å². The van der Waals surface area contributed by atoms with Crippen molar-refractivity contribution in [2.45, 2.75) is 31.9 Å². The van der Waals surface area contributed by atoms with Gasteiger partial charge in [-0.2, -0.15) is 0 Å². The van der Waals surface area contributed by atoms with Gasteiger partial charge in [0, 0.05) is 37.3 Å². The zero-order chi connectivity index (χ0) is 13.1. The Balaban J connectivity index is 1.56. The fourth-order valence-electron chi connectivity index (χ4n) is 2.92. The molecule has 3 rings (SSSR count). The maximum atomic E-state index is 5.64. The van der Waals surface area contributed by atoms with Crippen LogP contribution in [0.1, 0.15) is 24.8 Å². The molecule has 0 amide bonds. The third-order valence-electron chi connectivity index (χ3n) is 3.96. The smallest absolute Gasteiger partial charge is 0.0588 e. The minimum atomic E-state index is 0.486. The van der Waals surface area contributed by atoms with Gasteiger partial charge in [0.05, 0.1) is 6.10 Å². The molecule has 1 aliphatic rings. The number of aryl methyl sites for hydroxylation is 1. The number of ether oxygens (including phenoxy) is 1. The van der Waals surface area contributed by atoms with E-state index in [2.05, 4.69) is 47.4 Å². The number of hydrogen-bond acceptors (Lipinski definition) is 2. The average molecular weight is 258 g/mol. The number of nitrogens with zero attached hydrogens (tertiary/aromatic N) is 1. The van der Waals surface area contributed by atoms with Crippen molar-refractivity contribution < 1.29 is 4.74 Å². The predicted molar refractivity (Wildman–Crippen MR) is 78.2 cm³/mol. The number of para-hydroxylation sites is 1. The number of nitrogens with one attached hydrogen (secondary N) is 1. The quantitative estimate of drug-likeness (QED) is 0.835. The Labute approximate surface area is 114 Å². The molecule has 102 valence electrons. The summed E-state index contributed by atoms with van der Waals surface area (Å²) >= 11 is 0. The summed E-state index contributed by atoms with van der Waals surface area (Å²) < 4.78 is 7.84. The minimum absolute atomic E-state index is 0.486. The standard InChI is InChI=1S/C16H22N2O/c1-18-12-13(15-6-2-3-7-16(15)18)11-17-9-8-14-5-4-10-19-14/h2-3,6-7,12,14,17H,4-5,8-11H2,1H3. The van der Waals surface area contributed by atoms with Crippen LogP contribution in [0.4, 0.5) is 0 Å². The lowest BCUT2D eigenvalue weighted by Gasteiger charge is -2.09. The fraction of sp³-hybridized carbons (Fsp3) is 0.500. The number of fused-ring (bicyclic) bond motifs is 1. The van der Waals surface area contributed by atoms with Gasteiger partial charge in [0.1, 0.15) is 0 Å². The molecule has 1 unspecified atom stereocenters. The molecule has 1 aromatic heterocycles. The molecule has 1 aliphatic heterocycles. The Bertz CT molecular complexity index is 541. The largest absolute Gasteiger partial charge is 0.378 e. The zero-order valence-electron chi connectivity index (χ0n) is 11.6. The Kier molecular flexibility index (Phi) is 3.85. The second kappa shape index (κ2) is 5.76. The van der Waals surface area contributed by atoms with Crippen molar-refractivity contribution in [1.82, 2.24) is 9.88 Å². The van der Waals surface area contributed by atoms with Gasteiger partial charge in [-0.05, 0) is 37.4 Å². The lowest BCUT2D eigenvalue weighted by atomic mass is 10.1. The fourth-order valence-corrected chi connectivity index (χ4v) is 2.92. The van der Waals surface area contributed by atoms with Crippen LogP contribution in [0.3, 0.4) is 0 Å². The van der Waals surface area contributed by atoms with Crippen LogP contribution >= 0.6 is 0 Å². The normalized spacial score (nSPS) is 19.3. The van der Waals surface area contributed by atoms with Crippen LogP contribution in [0.5, 0.6) is 0 Å². The van der Waals surface area contributed by atoms with E-state index in [1.54, 1.807) is 0 Å². The molecule has 1 saturated heterocycles. The first-order valence-corrected chi connectivity index (χ1v) is 7.20. The van der Waals surface area contributed by atoms with Crippen molar-refractivity contribution in [2.75, 3.05) is 13.2 Å². The average Bonchev–Trinajstić information content (AvgIpc) is 3.04. The lowest BCUT2D eigenvalue weighted by molar-refractivity contribution is 0.104. The summed E-state index contributed by atoms with van der Waals surface area (Å²) in [5.74, 6) is 0. The molecule has 19 heavy (non-hydrogen) atoms. The first-order valence-electron chi connectivity index (χ1n) is 7.20. The van der Waals surface area contributed by atoms with Crippen molar-refractivity contribution in [3.05, 3.63) is 36.0 Å². The Morgan fingerprint density at radius 2 is 2.26 bits per heavy atom. The number of rotatable bonds is 5. The summed E-state index contributed by atoms with van der Waals surface area (Å²) in [5, 5.41) is 4.90. The molecule has 0 spiro atoms. The number of hydrogen-bond donors (Lipinski definition) is 1. The van der Waals surface area contributed by atoms with Crippen LogP contribution < -0.4 is 5.32 Å². The van der Waals surface area contributed by atoms with Crippen molar-refractivity contribution in [1.29, 1.82) is 0 Å². The zero-order valence-corrected chi connectivity index (χ0v) is 11.6. The van der Waals surface area contributed by atoms with E-state index >= 15 is 0 Å². The minimum Gasteiger partial charge on any atom is -0.378 e. The third-order valence-corrected chi connectivity index (χ3v) is 3.96. The van der Waals surface area contributed by atoms with Gasteiger partial charge in [-0.15, -0.1) is 0 Å². The SMILES string of the molecule is Cn1cc(CNCCC2CCCO2)c2ccccc21. The molecule has 1 N–H and O–H groups in total. The lowest BCUT2D eigenvalue weighted by Crippen LogP contribution is -2.19. The molecular weight excluding hydrogens is 236 g/mol. The molecule has 0 saturated carbocycles. The second-order valence-electron chi connectivity index (χ2n) is 5.38.